The average Bonchev–Trinajstić information content (AvgIpc) is 3.58. The van der Waals surface area contributed by atoms with E-state index in [-0.39, 0.29) is 17.3 Å². The molecule has 0 radical (unpaired) electrons. The second-order valence-corrected chi connectivity index (χ2v) is 17.9. The summed E-state index contributed by atoms with van der Waals surface area (Å²) in [6.07, 6.45) is 0. The number of ketones is 3. The van der Waals surface area contributed by atoms with Gasteiger partial charge in [-0.2, -0.15) is 0 Å². The van der Waals surface area contributed by atoms with E-state index in [4.69, 9.17) is 0 Å². The maximum absolute atomic E-state index is 13.4. The summed E-state index contributed by atoms with van der Waals surface area (Å²) in [6.45, 7) is 0. The van der Waals surface area contributed by atoms with Crippen molar-refractivity contribution < 1.29 is 39.6 Å². The van der Waals surface area contributed by atoms with Crippen molar-refractivity contribution >= 4 is 67.6 Å². The molecule has 0 saturated carbocycles. The fourth-order valence-corrected chi connectivity index (χ4v) is 9.33. The maximum Gasteiger partial charge on any atom is 0.193 e. The monoisotopic (exact) mass is 826 g/mol. The molecular formula is C45H29F6O3PS2. The Balaban J connectivity index is 0.000000651. The summed E-state index contributed by atoms with van der Waals surface area (Å²) >= 11 is 1.71. The molecule has 8 rings (SSSR count). The van der Waals surface area contributed by atoms with Crippen molar-refractivity contribution in [2.24, 2.45) is 0 Å². The third-order valence-electron chi connectivity index (χ3n) is 8.75. The number of hydrogen-bond acceptors (Lipinski definition) is 4. The van der Waals surface area contributed by atoms with Gasteiger partial charge in [0.15, 0.2) is 32.0 Å². The molecule has 3 nitrogen and oxygen atoms in total. The Bertz CT molecular complexity index is 2650. The Labute approximate surface area is 329 Å². The van der Waals surface area contributed by atoms with E-state index in [2.05, 4.69) is 18.2 Å². The van der Waals surface area contributed by atoms with Crippen LogP contribution in [0.1, 0.15) is 47.8 Å². The number of carbonyl (C=O) groups excluding carboxylic acids is 3. The molecule has 0 bridgehead atoms. The van der Waals surface area contributed by atoms with Gasteiger partial charge in [-0.25, -0.2) is 0 Å². The van der Waals surface area contributed by atoms with Gasteiger partial charge in [-0.3, -0.25) is 14.4 Å². The Morgan fingerprint density at radius 1 is 0.368 bits per heavy atom. The molecule has 0 atom stereocenters. The first-order chi connectivity index (χ1) is 27.0. The molecule has 0 aliphatic heterocycles. The van der Waals surface area contributed by atoms with Crippen molar-refractivity contribution in [3.63, 3.8) is 0 Å². The molecule has 0 amide bonds. The van der Waals surface area contributed by atoms with Gasteiger partial charge in [0.25, 0.3) is 0 Å². The first-order valence-electron chi connectivity index (χ1n) is 17.2. The van der Waals surface area contributed by atoms with E-state index < -0.39 is 18.7 Å². The van der Waals surface area contributed by atoms with Gasteiger partial charge in [-0.1, -0.05) is 91.0 Å². The van der Waals surface area contributed by atoms with Crippen LogP contribution in [0, 0.1) is 0 Å². The molecule has 0 aliphatic carbocycles. The van der Waals surface area contributed by atoms with Gasteiger partial charge >= 0.3 is 33.0 Å². The van der Waals surface area contributed by atoms with Crippen LogP contribution in [-0.2, 0) is 10.9 Å². The first-order valence-corrected chi connectivity index (χ1v) is 21.3. The zero-order valence-electron chi connectivity index (χ0n) is 29.5. The van der Waals surface area contributed by atoms with Crippen LogP contribution in [0.2, 0.25) is 0 Å². The second kappa shape index (κ2) is 14.9. The van der Waals surface area contributed by atoms with Gasteiger partial charge < -0.3 is 0 Å². The fraction of sp³-hybridized carbons (Fsp3) is 0. The van der Waals surface area contributed by atoms with Crippen molar-refractivity contribution in [3.8, 4) is 0 Å². The standard InChI is InChI=1S/C45H29O3S2.F6P/c46-43(30-10-4-1-5-11-30)33-16-21-36(22-17-33)50(37-23-18-34(19-24-37)44(47)31-12-6-2-7-13-31)38-25-27-42-40(29-38)39-28-35(20-26-41(39)49-42)45(48)32-14-8-3-9-15-32;1-7(2,3,4,5)6/h1-29H;/q+1;-1. The van der Waals surface area contributed by atoms with Crippen LogP contribution < -0.4 is 0 Å². The van der Waals surface area contributed by atoms with Crippen LogP contribution >= 0.6 is 19.1 Å². The van der Waals surface area contributed by atoms with E-state index in [1.165, 1.54) is 0 Å². The van der Waals surface area contributed by atoms with E-state index in [0.29, 0.717) is 33.4 Å². The van der Waals surface area contributed by atoms with Crippen molar-refractivity contribution in [2.45, 2.75) is 14.7 Å². The van der Waals surface area contributed by atoms with Crippen molar-refractivity contribution in [1.82, 2.24) is 0 Å². The van der Waals surface area contributed by atoms with Crippen LogP contribution in [0.3, 0.4) is 0 Å². The number of carbonyl (C=O) groups is 3. The van der Waals surface area contributed by atoms with Crippen LogP contribution in [0.4, 0.5) is 25.2 Å². The zero-order chi connectivity index (χ0) is 40.4. The van der Waals surface area contributed by atoms with E-state index in [9.17, 15) is 39.6 Å². The summed E-state index contributed by atoms with van der Waals surface area (Å²) in [5, 5.41) is 2.14. The molecule has 0 fully saturated rings. The molecule has 7 aromatic carbocycles. The molecule has 0 saturated heterocycles. The molecule has 0 spiro atoms. The maximum atomic E-state index is 13.4. The number of hydrogen-bond donors (Lipinski definition) is 0. The summed E-state index contributed by atoms with van der Waals surface area (Å²) in [6, 6.07) is 56.3. The van der Waals surface area contributed by atoms with Crippen molar-refractivity contribution in [3.05, 3.63) is 209 Å². The summed E-state index contributed by atoms with van der Waals surface area (Å²) in [5.41, 5.74) is 3.88. The summed E-state index contributed by atoms with van der Waals surface area (Å²) in [4.78, 5) is 43.1. The SMILES string of the molecule is F[P-](F)(F)(F)(F)F.O=C(c1ccccc1)c1ccc([S+](c2ccc(C(=O)c3ccccc3)cc2)c2ccc3sc4ccc(C(=O)c5ccccc5)cc4c3c2)cc1. The molecule has 0 aliphatic rings. The third-order valence-corrected chi connectivity index (χ3v) is 12.1. The molecular weight excluding hydrogens is 798 g/mol. The van der Waals surface area contributed by atoms with E-state index in [0.717, 1.165) is 34.9 Å². The minimum Gasteiger partial charge on any atom is -0.289 e. The number of rotatable bonds is 9. The van der Waals surface area contributed by atoms with E-state index >= 15 is 0 Å². The average molecular weight is 827 g/mol. The van der Waals surface area contributed by atoms with Crippen molar-refractivity contribution in [1.29, 1.82) is 0 Å². The smallest absolute Gasteiger partial charge is 0.193 e. The summed E-state index contributed by atoms with van der Waals surface area (Å²) in [5.74, 6) is -0.0429. The van der Waals surface area contributed by atoms with Gasteiger partial charge in [0, 0.05) is 59.6 Å². The molecule has 1 aromatic heterocycles. The Hall–Kier alpha value is -5.87. The van der Waals surface area contributed by atoms with Crippen LogP contribution in [-0.4, -0.2) is 17.3 Å². The summed E-state index contributed by atoms with van der Waals surface area (Å²) < 4.78 is 61.5. The van der Waals surface area contributed by atoms with Crippen LogP contribution in [0.25, 0.3) is 20.2 Å². The van der Waals surface area contributed by atoms with E-state index in [1.807, 2.05) is 158 Å². The van der Waals surface area contributed by atoms with Gasteiger partial charge in [0.2, 0.25) is 0 Å². The number of benzene rings is 7. The Kier molecular flexibility index (Phi) is 10.3. The van der Waals surface area contributed by atoms with Crippen LogP contribution in [0.15, 0.2) is 191 Å². The molecule has 286 valence electrons. The predicted molar refractivity (Wildman–Crippen MR) is 218 cm³/mol. The second-order valence-electron chi connectivity index (χ2n) is 12.9. The molecule has 0 N–H and O–H groups in total. The third kappa shape index (κ3) is 9.93. The normalized spacial score (nSPS) is 12.7. The predicted octanol–water partition coefficient (Wildman–Crippen LogP) is 14.2. The van der Waals surface area contributed by atoms with Crippen molar-refractivity contribution in [2.75, 3.05) is 0 Å². The molecule has 57 heavy (non-hydrogen) atoms. The van der Waals surface area contributed by atoms with Gasteiger partial charge in [0.1, 0.15) is 0 Å². The molecule has 12 heteroatoms. The minimum absolute atomic E-state index is 0.00182. The molecule has 1 heterocycles. The minimum atomic E-state index is -10.7. The molecule has 8 aromatic rings. The van der Waals surface area contributed by atoms with Gasteiger partial charge in [0.05, 0.1) is 10.9 Å². The number of thiophene rings is 1. The zero-order valence-corrected chi connectivity index (χ0v) is 32.0. The quantitative estimate of drug-likeness (QED) is 0.0630. The Morgan fingerprint density at radius 3 is 1.07 bits per heavy atom. The first kappa shape index (κ1) is 39.4. The van der Waals surface area contributed by atoms with E-state index in [1.54, 1.807) is 11.3 Å². The van der Waals surface area contributed by atoms with Gasteiger partial charge in [-0.15, -0.1) is 11.3 Å². The largest absolute Gasteiger partial charge is 0.289 e. The number of fused-ring (bicyclic) bond motifs is 3. The van der Waals surface area contributed by atoms with Crippen LogP contribution in [0.5, 0.6) is 0 Å². The van der Waals surface area contributed by atoms with Gasteiger partial charge in [-0.05, 0) is 78.9 Å². The molecule has 0 unspecified atom stereocenters. The Morgan fingerprint density at radius 2 is 0.667 bits per heavy atom. The topological polar surface area (TPSA) is 51.2 Å². The summed E-state index contributed by atoms with van der Waals surface area (Å²) in [7, 11) is -11.2. The fourth-order valence-electron chi connectivity index (χ4n) is 6.19. The number of halogens is 6.